The number of nitrogens with zero attached hydrogens (tertiary/aromatic N) is 2. The molecule has 0 atom stereocenters. The quantitative estimate of drug-likeness (QED) is 0.727. The normalized spacial score (nSPS) is 13.7. The molecule has 0 aliphatic carbocycles. The van der Waals surface area contributed by atoms with Crippen LogP contribution in [0.4, 0.5) is 0 Å². The van der Waals surface area contributed by atoms with E-state index in [4.69, 9.17) is 9.47 Å². The summed E-state index contributed by atoms with van der Waals surface area (Å²) in [5.74, 6) is -0.120. The predicted molar refractivity (Wildman–Crippen MR) is 97.2 cm³/mol. The zero-order chi connectivity index (χ0) is 19.8. The molecule has 1 aliphatic rings. The lowest BCUT2D eigenvalue weighted by Crippen LogP contribution is -2.28. The van der Waals surface area contributed by atoms with Gasteiger partial charge in [-0.2, -0.15) is 4.98 Å². The zero-order valence-electron chi connectivity index (χ0n) is 15.3. The average molecular weight is 392 g/mol. The van der Waals surface area contributed by atoms with Crippen molar-refractivity contribution in [2.45, 2.75) is 37.6 Å². The van der Waals surface area contributed by atoms with E-state index in [0.717, 1.165) is 19.1 Å². The molecule has 0 radical (unpaired) electrons. The van der Waals surface area contributed by atoms with Gasteiger partial charge in [-0.25, -0.2) is 13.2 Å². The molecule has 1 aromatic carbocycles. The van der Waals surface area contributed by atoms with E-state index in [1.165, 1.54) is 25.3 Å². The van der Waals surface area contributed by atoms with Crippen LogP contribution in [0.3, 0.4) is 0 Å². The Balaban J connectivity index is 1.96. The minimum Gasteiger partial charge on any atom is -0.495 e. The number of ether oxygens (including phenoxy) is 2. The minimum atomic E-state index is -3.52. The van der Waals surface area contributed by atoms with Gasteiger partial charge in [0.1, 0.15) is 16.5 Å². The van der Waals surface area contributed by atoms with E-state index in [0.29, 0.717) is 24.4 Å². The van der Waals surface area contributed by atoms with Gasteiger partial charge in [-0.05, 0) is 31.9 Å². The maximum atomic E-state index is 12.6. The largest absolute Gasteiger partial charge is 0.495 e. The van der Waals surface area contributed by atoms with Crippen molar-refractivity contribution < 1.29 is 22.7 Å². The lowest BCUT2D eigenvalue weighted by Gasteiger charge is -2.17. The van der Waals surface area contributed by atoms with Crippen LogP contribution in [-0.4, -0.2) is 37.3 Å². The van der Waals surface area contributed by atoms with Crippen molar-refractivity contribution >= 4 is 15.8 Å². The van der Waals surface area contributed by atoms with Crippen molar-refractivity contribution in [3.8, 4) is 11.6 Å². The molecular weight excluding hydrogens is 372 g/mol. The van der Waals surface area contributed by atoms with Gasteiger partial charge in [0, 0.05) is 24.8 Å². The molecule has 0 saturated heterocycles. The van der Waals surface area contributed by atoms with Crippen LogP contribution in [0.5, 0.6) is 11.6 Å². The second kappa shape index (κ2) is 7.15. The predicted octanol–water partition coefficient (Wildman–Crippen LogP) is 1.52. The molecule has 2 heterocycles. The molecule has 0 unspecified atom stereocenters. The fourth-order valence-electron chi connectivity index (χ4n) is 3.15. The van der Waals surface area contributed by atoms with Crippen LogP contribution < -0.4 is 15.0 Å². The molecule has 2 aromatic rings. The zero-order valence-corrected chi connectivity index (χ0v) is 16.1. The molecule has 9 heteroatoms. The number of benzene rings is 1. The van der Waals surface area contributed by atoms with Crippen LogP contribution in [0, 0.1) is 6.92 Å². The van der Waals surface area contributed by atoms with Gasteiger partial charge in [0.25, 0.3) is 5.56 Å². The van der Waals surface area contributed by atoms with Crippen molar-refractivity contribution in [1.29, 1.82) is 0 Å². The molecule has 0 N–H and O–H groups in total. The highest BCUT2D eigenvalue weighted by atomic mass is 32.2. The highest BCUT2D eigenvalue weighted by molar-refractivity contribution is 7.90. The third-order valence-corrected chi connectivity index (χ3v) is 5.61. The average Bonchev–Trinajstić information content (AvgIpc) is 2.60. The summed E-state index contributed by atoms with van der Waals surface area (Å²) in [4.78, 5) is 29.0. The summed E-state index contributed by atoms with van der Waals surface area (Å²) < 4.78 is 35.8. The first-order valence-corrected chi connectivity index (χ1v) is 10.3. The summed E-state index contributed by atoms with van der Waals surface area (Å²) in [6.07, 6.45) is 3.55. The van der Waals surface area contributed by atoms with E-state index in [2.05, 4.69) is 4.98 Å². The van der Waals surface area contributed by atoms with Gasteiger partial charge < -0.3 is 9.47 Å². The van der Waals surface area contributed by atoms with E-state index in [9.17, 15) is 18.0 Å². The van der Waals surface area contributed by atoms with E-state index >= 15 is 0 Å². The van der Waals surface area contributed by atoms with Crippen molar-refractivity contribution in [2.24, 2.45) is 0 Å². The lowest BCUT2D eigenvalue weighted by atomic mass is 10.1. The van der Waals surface area contributed by atoms with Gasteiger partial charge in [-0.3, -0.25) is 9.36 Å². The molecule has 1 aliphatic heterocycles. The summed E-state index contributed by atoms with van der Waals surface area (Å²) in [5, 5.41) is 0. The van der Waals surface area contributed by atoms with E-state index in [1.54, 1.807) is 11.5 Å². The number of hydrogen-bond acceptors (Lipinski definition) is 7. The standard InChI is InChI=1S/C18H20N2O6S/c1-11-12(7-8-13(17(11)25-2)27(3,23)24)18(22)26-15-10-16(21)20-9-5-4-6-14(20)19-15/h7-8,10H,4-6,9H2,1-3H3. The van der Waals surface area contributed by atoms with Crippen LogP contribution >= 0.6 is 0 Å². The van der Waals surface area contributed by atoms with Crippen molar-refractivity contribution in [2.75, 3.05) is 13.4 Å². The Morgan fingerprint density at radius 1 is 1.26 bits per heavy atom. The highest BCUT2D eigenvalue weighted by Gasteiger charge is 2.23. The Morgan fingerprint density at radius 2 is 2.00 bits per heavy atom. The smallest absolute Gasteiger partial charge is 0.345 e. The first-order valence-electron chi connectivity index (χ1n) is 8.43. The summed E-state index contributed by atoms with van der Waals surface area (Å²) >= 11 is 0. The van der Waals surface area contributed by atoms with E-state index in [1.807, 2.05) is 0 Å². The summed E-state index contributed by atoms with van der Waals surface area (Å²) in [5.41, 5.74) is 0.211. The first-order chi connectivity index (χ1) is 12.7. The molecule has 1 aromatic heterocycles. The highest BCUT2D eigenvalue weighted by Crippen LogP contribution is 2.30. The minimum absolute atomic E-state index is 0.01000. The number of aromatic nitrogens is 2. The fourth-order valence-corrected chi connectivity index (χ4v) is 4.04. The van der Waals surface area contributed by atoms with Gasteiger partial charge in [0.15, 0.2) is 9.84 Å². The Hall–Kier alpha value is -2.68. The molecular formula is C18H20N2O6S. The number of sulfone groups is 1. The Morgan fingerprint density at radius 3 is 2.67 bits per heavy atom. The maximum absolute atomic E-state index is 12.6. The number of esters is 1. The van der Waals surface area contributed by atoms with Crippen LogP contribution in [-0.2, 0) is 22.8 Å². The third kappa shape index (κ3) is 3.73. The number of methoxy groups -OCH3 is 1. The second-order valence-corrected chi connectivity index (χ2v) is 8.37. The number of rotatable bonds is 4. The number of hydrogen-bond donors (Lipinski definition) is 0. The first kappa shape index (κ1) is 19.1. The van der Waals surface area contributed by atoms with Crippen LogP contribution in [0.25, 0.3) is 0 Å². The van der Waals surface area contributed by atoms with Crippen LogP contribution in [0.15, 0.2) is 27.9 Å². The van der Waals surface area contributed by atoms with Gasteiger partial charge in [-0.1, -0.05) is 0 Å². The van der Waals surface area contributed by atoms with E-state index < -0.39 is 15.8 Å². The van der Waals surface area contributed by atoms with Gasteiger partial charge in [-0.15, -0.1) is 0 Å². The van der Waals surface area contributed by atoms with Crippen molar-refractivity contribution in [3.63, 3.8) is 0 Å². The SMILES string of the molecule is COc1c(S(C)(=O)=O)ccc(C(=O)Oc2cc(=O)n3c(n2)CCCC3)c1C. The molecule has 144 valence electrons. The lowest BCUT2D eigenvalue weighted by molar-refractivity contribution is 0.0724. The monoisotopic (exact) mass is 392 g/mol. The van der Waals surface area contributed by atoms with Gasteiger partial charge in [0.2, 0.25) is 5.88 Å². The third-order valence-electron chi connectivity index (χ3n) is 4.49. The Bertz CT molecular complexity index is 1070. The summed E-state index contributed by atoms with van der Waals surface area (Å²) in [6.45, 7) is 2.18. The van der Waals surface area contributed by atoms with E-state index in [-0.39, 0.29) is 27.6 Å². The number of aryl methyl sites for hydroxylation is 1. The number of carbonyl (C=O) groups excluding carboxylic acids is 1. The summed E-state index contributed by atoms with van der Waals surface area (Å²) in [6, 6.07) is 3.85. The molecule has 0 bridgehead atoms. The number of fused-ring (bicyclic) bond motifs is 1. The summed E-state index contributed by atoms with van der Waals surface area (Å²) in [7, 11) is -2.19. The molecule has 27 heavy (non-hydrogen) atoms. The van der Waals surface area contributed by atoms with Crippen molar-refractivity contribution in [1.82, 2.24) is 9.55 Å². The maximum Gasteiger partial charge on any atom is 0.345 e. The Kier molecular flexibility index (Phi) is 5.05. The molecule has 0 saturated carbocycles. The topological polar surface area (TPSA) is 105 Å². The van der Waals surface area contributed by atoms with Crippen molar-refractivity contribution in [3.05, 3.63) is 45.5 Å². The fraction of sp³-hybridized carbons (Fsp3) is 0.389. The molecule has 0 amide bonds. The molecule has 0 fully saturated rings. The molecule has 8 nitrogen and oxygen atoms in total. The van der Waals surface area contributed by atoms with Gasteiger partial charge in [0.05, 0.1) is 18.7 Å². The Labute approximate surface area is 156 Å². The number of carbonyl (C=O) groups is 1. The molecule has 3 rings (SSSR count). The van der Waals surface area contributed by atoms with Gasteiger partial charge >= 0.3 is 5.97 Å². The van der Waals surface area contributed by atoms with Crippen LogP contribution in [0.1, 0.15) is 34.6 Å². The second-order valence-electron chi connectivity index (χ2n) is 6.39. The van der Waals surface area contributed by atoms with Crippen LogP contribution in [0.2, 0.25) is 0 Å². The molecule has 0 spiro atoms.